The average molecular weight is 139 g/mol. The Morgan fingerprint density at radius 3 is 2.80 bits per heavy atom. The molecular formula is C6H9N3O. The fourth-order valence-corrected chi connectivity index (χ4v) is 0.631. The van der Waals surface area contributed by atoms with Gasteiger partial charge >= 0.3 is 0 Å². The Morgan fingerprint density at radius 1 is 1.60 bits per heavy atom. The van der Waals surface area contributed by atoms with E-state index in [2.05, 4.69) is 10.3 Å². The molecule has 0 aliphatic rings. The molecule has 10 heavy (non-hydrogen) atoms. The van der Waals surface area contributed by atoms with Crippen molar-refractivity contribution in [3.63, 3.8) is 0 Å². The Kier molecular flexibility index (Phi) is 1.62. The van der Waals surface area contributed by atoms with Gasteiger partial charge in [0.2, 0.25) is 0 Å². The second-order valence-corrected chi connectivity index (χ2v) is 1.91. The maximum atomic E-state index is 10.8. The van der Waals surface area contributed by atoms with Crippen molar-refractivity contribution in [2.24, 2.45) is 0 Å². The first-order valence-corrected chi connectivity index (χ1v) is 2.90. The van der Waals surface area contributed by atoms with Gasteiger partial charge in [0, 0.05) is 7.05 Å². The van der Waals surface area contributed by atoms with E-state index in [4.69, 9.17) is 5.73 Å². The van der Waals surface area contributed by atoms with Crippen LogP contribution in [-0.4, -0.2) is 12.0 Å². The Bertz CT molecular complexity index is 279. The molecule has 0 amide bonds. The lowest BCUT2D eigenvalue weighted by molar-refractivity contribution is 1.22. The molecule has 54 valence electrons. The predicted molar refractivity (Wildman–Crippen MR) is 41.0 cm³/mol. The quantitative estimate of drug-likeness (QED) is 0.512. The summed E-state index contributed by atoms with van der Waals surface area (Å²) >= 11 is 0. The van der Waals surface area contributed by atoms with E-state index < -0.39 is 0 Å². The van der Waals surface area contributed by atoms with Gasteiger partial charge in [0.25, 0.3) is 5.56 Å². The lowest BCUT2D eigenvalue weighted by atomic mass is 10.4. The molecule has 1 aromatic rings. The van der Waals surface area contributed by atoms with Crippen molar-refractivity contribution in [3.05, 3.63) is 22.5 Å². The maximum absolute atomic E-state index is 10.8. The van der Waals surface area contributed by atoms with Crippen LogP contribution in [0.5, 0.6) is 0 Å². The number of rotatable bonds is 1. The number of nitrogen functional groups attached to an aromatic ring is 1. The van der Waals surface area contributed by atoms with Crippen LogP contribution < -0.4 is 16.6 Å². The molecule has 0 saturated carbocycles. The molecule has 0 aromatic carbocycles. The summed E-state index contributed by atoms with van der Waals surface area (Å²) in [7, 11) is 1.72. The van der Waals surface area contributed by atoms with Crippen LogP contribution in [0.2, 0.25) is 0 Å². The lowest BCUT2D eigenvalue weighted by Gasteiger charge is -1.97. The Balaban J connectivity index is 3.17. The van der Waals surface area contributed by atoms with Gasteiger partial charge in [-0.1, -0.05) is 0 Å². The molecule has 0 radical (unpaired) electrons. The molecule has 4 nitrogen and oxygen atoms in total. The monoisotopic (exact) mass is 139 g/mol. The first-order valence-electron chi connectivity index (χ1n) is 2.90. The maximum Gasteiger partial charge on any atom is 0.272 e. The number of nitrogens with two attached hydrogens (primary N) is 1. The van der Waals surface area contributed by atoms with Crippen molar-refractivity contribution >= 4 is 11.5 Å². The summed E-state index contributed by atoms with van der Waals surface area (Å²) in [5, 5.41) is 2.78. The standard InChI is InChI=1S/C6H9N3O/c1-8-5-3-2-4(7)6(10)9-5/h2-3H,7H2,1H3,(H2,8,9,10). The van der Waals surface area contributed by atoms with Crippen LogP contribution in [0.4, 0.5) is 11.5 Å². The van der Waals surface area contributed by atoms with Gasteiger partial charge in [-0.15, -0.1) is 0 Å². The summed E-state index contributed by atoms with van der Waals surface area (Å²) in [5.74, 6) is 0.666. The van der Waals surface area contributed by atoms with E-state index in [0.29, 0.717) is 5.82 Å². The first kappa shape index (κ1) is 6.67. The third-order valence-electron chi connectivity index (χ3n) is 1.21. The summed E-state index contributed by atoms with van der Waals surface area (Å²) in [4.78, 5) is 13.3. The predicted octanol–water partition coefficient (Wildman–Crippen LogP) is -0.00120. The number of hydrogen-bond donors (Lipinski definition) is 3. The van der Waals surface area contributed by atoms with Crippen LogP contribution >= 0.6 is 0 Å². The van der Waals surface area contributed by atoms with Crippen LogP contribution in [0.15, 0.2) is 16.9 Å². The van der Waals surface area contributed by atoms with Gasteiger partial charge in [-0.3, -0.25) is 4.79 Å². The van der Waals surface area contributed by atoms with Crippen molar-refractivity contribution in [2.75, 3.05) is 18.1 Å². The Labute approximate surface area is 58.1 Å². The van der Waals surface area contributed by atoms with Gasteiger partial charge in [0.05, 0.1) is 5.69 Å². The van der Waals surface area contributed by atoms with E-state index in [9.17, 15) is 4.79 Å². The van der Waals surface area contributed by atoms with Crippen LogP contribution in [0.25, 0.3) is 0 Å². The fraction of sp³-hybridized carbons (Fsp3) is 0.167. The smallest absolute Gasteiger partial charge is 0.272 e. The SMILES string of the molecule is CNc1ccc(N)c(=O)[nH]1. The summed E-state index contributed by atoms with van der Waals surface area (Å²) in [6.07, 6.45) is 0. The normalized spacial score (nSPS) is 9.30. The minimum atomic E-state index is -0.258. The summed E-state index contributed by atoms with van der Waals surface area (Å²) in [5.41, 5.74) is 5.25. The summed E-state index contributed by atoms with van der Waals surface area (Å²) < 4.78 is 0. The minimum absolute atomic E-state index is 0.235. The van der Waals surface area contributed by atoms with Crippen LogP contribution in [0, 0.1) is 0 Å². The Hall–Kier alpha value is -1.45. The van der Waals surface area contributed by atoms with Gasteiger partial charge in [-0.2, -0.15) is 0 Å². The van der Waals surface area contributed by atoms with Crippen molar-refractivity contribution in [2.45, 2.75) is 0 Å². The van der Waals surface area contributed by atoms with E-state index >= 15 is 0 Å². The number of nitrogens with one attached hydrogen (secondary N) is 2. The zero-order valence-electron chi connectivity index (χ0n) is 5.64. The fourth-order valence-electron chi connectivity index (χ4n) is 0.631. The second kappa shape index (κ2) is 2.43. The number of aromatic nitrogens is 1. The van der Waals surface area contributed by atoms with Crippen molar-refractivity contribution in [1.29, 1.82) is 0 Å². The Morgan fingerprint density at radius 2 is 2.30 bits per heavy atom. The molecule has 0 atom stereocenters. The second-order valence-electron chi connectivity index (χ2n) is 1.91. The molecule has 0 aliphatic heterocycles. The molecule has 4 N–H and O–H groups in total. The number of pyridine rings is 1. The van der Waals surface area contributed by atoms with Gasteiger partial charge in [-0.05, 0) is 12.1 Å². The number of hydrogen-bond acceptors (Lipinski definition) is 3. The van der Waals surface area contributed by atoms with Crippen molar-refractivity contribution < 1.29 is 0 Å². The third kappa shape index (κ3) is 1.10. The molecule has 0 aliphatic carbocycles. The van der Waals surface area contributed by atoms with Gasteiger partial charge in [-0.25, -0.2) is 0 Å². The molecule has 0 bridgehead atoms. The van der Waals surface area contributed by atoms with E-state index in [1.165, 1.54) is 0 Å². The van der Waals surface area contributed by atoms with E-state index in [0.717, 1.165) is 0 Å². The van der Waals surface area contributed by atoms with Gasteiger partial charge < -0.3 is 16.0 Å². The highest BCUT2D eigenvalue weighted by Crippen LogP contribution is 1.98. The topological polar surface area (TPSA) is 70.9 Å². The molecule has 1 aromatic heterocycles. The summed E-state index contributed by atoms with van der Waals surface area (Å²) in [6.45, 7) is 0. The van der Waals surface area contributed by atoms with Gasteiger partial charge in [0.1, 0.15) is 5.82 Å². The molecule has 0 spiro atoms. The van der Waals surface area contributed by atoms with Crippen molar-refractivity contribution in [1.82, 2.24) is 4.98 Å². The number of aromatic amines is 1. The largest absolute Gasteiger partial charge is 0.394 e. The van der Waals surface area contributed by atoms with E-state index in [-0.39, 0.29) is 11.2 Å². The summed E-state index contributed by atoms with van der Waals surface area (Å²) in [6, 6.07) is 3.27. The van der Waals surface area contributed by atoms with E-state index in [1.54, 1.807) is 19.2 Å². The van der Waals surface area contributed by atoms with E-state index in [1.807, 2.05) is 0 Å². The molecule has 1 rings (SSSR count). The van der Waals surface area contributed by atoms with Crippen molar-refractivity contribution in [3.8, 4) is 0 Å². The highest BCUT2D eigenvalue weighted by atomic mass is 16.1. The van der Waals surface area contributed by atoms with Crippen LogP contribution in [0.3, 0.4) is 0 Å². The van der Waals surface area contributed by atoms with Gasteiger partial charge in [0.15, 0.2) is 0 Å². The highest BCUT2D eigenvalue weighted by Gasteiger charge is 1.92. The zero-order valence-corrected chi connectivity index (χ0v) is 5.64. The zero-order chi connectivity index (χ0) is 7.56. The molecule has 4 heteroatoms. The number of anilines is 2. The molecular weight excluding hydrogens is 130 g/mol. The molecule has 0 saturated heterocycles. The molecule has 0 unspecified atom stereocenters. The minimum Gasteiger partial charge on any atom is -0.394 e. The molecule has 0 fully saturated rings. The number of H-pyrrole nitrogens is 1. The lowest BCUT2D eigenvalue weighted by Crippen LogP contribution is -2.12. The van der Waals surface area contributed by atoms with Crippen LogP contribution in [0.1, 0.15) is 0 Å². The average Bonchev–Trinajstić information content (AvgIpc) is 1.95. The van der Waals surface area contributed by atoms with Crippen LogP contribution in [-0.2, 0) is 0 Å². The third-order valence-corrected chi connectivity index (χ3v) is 1.21. The first-order chi connectivity index (χ1) is 4.74. The molecule has 1 heterocycles. The highest BCUT2D eigenvalue weighted by molar-refractivity contribution is 5.43.